The number of pyridine rings is 1. The van der Waals surface area contributed by atoms with Gasteiger partial charge in [0.05, 0.1) is 6.04 Å². The van der Waals surface area contributed by atoms with Gasteiger partial charge in [-0.3, -0.25) is 0 Å². The highest BCUT2D eigenvalue weighted by molar-refractivity contribution is 7.89. The molecule has 21 heavy (non-hydrogen) atoms. The largest absolute Gasteiger partial charge is 0.245 e. The van der Waals surface area contributed by atoms with Crippen LogP contribution in [0.4, 0.5) is 0 Å². The molecule has 110 valence electrons. The lowest BCUT2D eigenvalue weighted by Crippen LogP contribution is -2.30. The second kappa shape index (κ2) is 5.75. The van der Waals surface area contributed by atoms with Crippen LogP contribution in [0.5, 0.6) is 0 Å². The lowest BCUT2D eigenvalue weighted by molar-refractivity contribution is 0.396. The van der Waals surface area contributed by atoms with E-state index in [9.17, 15) is 8.42 Å². The third-order valence-corrected chi connectivity index (χ3v) is 5.81. The summed E-state index contributed by atoms with van der Waals surface area (Å²) in [5.74, 6) is 0. The maximum Gasteiger partial charge on any atom is 0.245 e. The maximum absolute atomic E-state index is 12.8. The number of halogens is 1. The highest BCUT2D eigenvalue weighted by Gasteiger charge is 2.36. The van der Waals surface area contributed by atoms with E-state index in [1.54, 1.807) is 4.31 Å². The van der Waals surface area contributed by atoms with Crippen LogP contribution < -0.4 is 0 Å². The summed E-state index contributed by atoms with van der Waals surface area (Å²) in [5.41, 5.74) is 1.03. The Bertz CT molecular complexity index is 717. The smallest absolute Gasteiger partial charge is 0.243 e. The van der Waals surface area contributed by atoms with Crippen LogP contribution in [0.15, 0.2) is 53.6 Å². The minimum absolute atomic E-state index is 0.105. The van der Waals surface area contributed by atoms with Gasteiger partial charge < -0.3 is 0 Å². The van der Waals surface area contributed by atoms with E-state index in [1.807, 2.05) is 30.3 Å². The summed E-state index contributed by atoms with van der Waals surface area (Å²) in [5, 5.41) is 0.287. The van der Waals surface area contributed by atoms with E-state index in [0.29, 0.717) is 6.54 Å². The first-order valence-corrected chi connectivity index (χ1v) is 8.59. The van der Waals surface area contributed by atoms with Crippen molar-refractivity contribution in [1.29, 1.82) is 0 Å². The number of nitrogens with zero attached hydrogens (tertiary/aromatic N) is 2. The number of hydrogen-bond acceptors (Lipinski definition) is 3. The normalized spacial score (nSPS) is 19.8. The third-order valence-electron chi connectivity index (χ3n) is 3.69. The van der Waals surface area contributed by atoms with Crippen molar-refractivity contribution >= 4 is 21.6 Å². The molecule has 2 heterocycles. The zero-order valence-corrected chi connectivity index (χ0v) is 12.9. The van der Waals surface area contributed by atoms with Crippen LogP contribution in [-0.4, -0.2) is 24.3 Å². The molecule has 0 aliphatic carbocycles. The Morgan fingerprint density at radius 2 is 1.90 bits per heavy atom. The number of aromatic nitrogens is 1. The molecule has 1 saturated heterocycles. The lowest BCUT2D eigenvalue weighted by atomic mass is 10.1. The zero-order valence-electron chi connectivity index (χ0n) is 11.3. The topological polar surface area (TPSA) is 50.3 Å². The molecule has 1 atom stereocenters. The van der Waals surface area contributed by atoms with Gasteiger partial charge in [0, 0.05) is 12.7 Å². The number of benzene rings is 1. The summed E-state index contributed by atoms with van der Waals surface area (Å²) in [6.07, 6.45) is 3.02. The van der Waals surface area contributed by atoms with Crippen molar-refractivity contribution in [2.75, 3.05) is 6.54 Å². The molecular formula is C15H15ClN2O2S. The van der Waals surface area contributed by atoms with Crippen LogP contribution >= 0.6 is 11.6 Å². The Morgan fingerprint density at radius 1 is 1.14 bits per heavy atom. The molecule has 6 heteroatoms. The lowest BCUT2D eigenvalue weighted by Gasteiger charge is -2.24. The van der Waals surface area contributed by atoms with E-state index < -0.39 is 10.0 Å². The van der Waals surface area contributed by atoms with Crippen LogP contribution in [0.3, 0.4) is 0 Å². The first-order valence-electron chi connectivity index (χ1n) is 6.77. The third kappa shape index (κ3) is 2.81. The maximum atomic E-state index is 12.8. The van der Waals surface area contributed by atoms with Crippen molar-refractivity contribution in [3.8, 4) is 0 Å². The molecule has 0 unspecified atom stereocenters. The van der Waals surface area contributed by atoms with E-state index in [4.69, 9.17) is 11.6 Å². The molecule has 2 aromatic rings. The molecule has 4 nitrogen and oxygen atoms in total. The summed E-state index contributed by atoms with van der Waals surface area (Å²) >= 11 is 5.73. The minimum atomic E-state index is -3.54. The van der Waals surface area contributed by atoms with E-state index in [-0.39, 0.29) is 16.1 Å². The molecule has 1 aromatic heterocycles. The molecule has 0 N–H and O–H groups in total. The molecule has 0 saturated carbocycles. The van der Waals surface area contributed by atoms with Gasteiger partial charge in [-0.25, -0.2) is 13.4 Å². The number of hydrogen-bond donors (Lipinski definition) is 0. The fourth-order valence-corrected chi connectivity index (χ4v) is 4.43. The van der Waals surface area contributed by atoms with Crippen LogP contribution in [-0.2, 0) is 10.0 Å². The molecule has 3 rings (SSSR count). The van der Waals surface area contributed by atoms with Gasteiger partial charge in [-0.05, 0) is 30.5 Å². The van der Waals surface area contributed by atoms with Crippen molar-refractivity contribution in [2.24, 2.45) is 0 Å². The summed E-state index contributed by atoms with van der Waals surface area (Å²) in [4.78, 5) is 4.06. The average molecular weight is 323 g/mol. The monoisotopic (exact) mass is 322 g/mol. The Labute approximate surface area is 129 Å². The van der Waals surface area contributed by atoms with Crippen molar-refractivity contribution in [3.05, 3.63) is 59.4 Å². The fourth-order valence-electron chi connectivity index (χ4n) is 2.69. The molecule has 0 radical (unpaired) electrons. The standard InChI is InChI=1S/C15H15ClN2O2S/c16-15-9-8-13(11-17-15)21(19,20)18-10-4-7-14(18)12-5-2-1-3-6-12/h1-3,5-6,8-9,11,14H,4,7,10H2/t14-/m1/s1. The average Bonchev–Trinajstić information content (AvgIpc) is 2.99. The quantitative estimate of drug-likeness (QED) is 0.815. The van der Waals surface area contributed by atoms with Crippen LogP contribution in [0, 0.1) is 0 Å². The Hall–Kier alpha value is -1.43. The van der Waals surface area contributed by atoms with Crippen LogP contribution in [0.2, 0.25) is 5.15 Å². The SMILES string of the molecule is O=S(=O)(c1ccc(Cl)nc1)N1CCC[C@@H]1c1ccccc1. The van der Waals surface area contributed by atoms with Crippen molar-refractivity contribution in [2.45, 2.75) is 23.8 Å². The molecule has 1 aromatic carbocycles. The molecule has 0 spiro atoms. The van der Waals surface area contributed by atoms with E-state index in [1.165, 1.54) is 18.3 Å². The number of rotatable bonds is 3. The van der Waals surface area contributed by atoms with E-state index in [0.717, 1.165) is 18.4 Å². The predicted octanol–water partition coefficient (Wildman–Crippen LogP) is 3.26. The van der Waals surface area contributed by atoms with Crippen molar-refractivity contribution in [1.82, 2.24) is 9.29 Å². The van der Waals surface area contributed by atoms with E-state index in [2.05, 4.69) is 4.98 Å². The van der Waals surface area contributed by atoms with Crippen molar-refractivity contribution in [3.63, 3.8) is 0 Å². The van der Waals surface area contributed by atoms with Crippen LogP contribution in [0.1, 0.15) is 24.4 Å². The van der Waals surface area contributed by atoms with Crippen LogP contribution in [0.25, 0.3) is 0 Å². The summed E-state index contributed by atoms with van der Waals surface area (Å²) in [6, 6.07) is 12.6. The summed E-state index contributed by atoms with van der Waals surface area (Å²) in [6.45, 7) is 0.532. The molecule has 0 bridgehead atoms. The predicted molar refractivity (Wildman–Crippen MR) is 81.6 cm³/mol. The van der Waals surface area contributed by atoms with Gasteiger partial charge in [0.1, 0.15) is 10.0 Å². The Morgan fingerprint density at radius 3 is 2.57 bits per heavy atom. The van der Waals surface area contributed by atoms with E-state index >= 15 is 0 Å². The zero-order chi connectivity index (χ0) is 14.9. The van der Waals surface area contributed by atoms with Gasteiger partial charge in [0.25, 0.3) is 0 Å². The highest BCUT2D eigenvalue weighted by atomic mass is 35.5. The summed E-state index contributed by atoms with van der Waals surface area (Å²) < 4.78 is 27.1. The molecule has 1 aliphatic rings. The minimum Gasteiger partial charge on any atom is -0.243 e. The molecule has 1 fully saturated rings. The van der Waals surface area contributed by atoms with Gasteiger partial charge >= 0.3 is 0 Å². The first-order chi connectivity index (χ1) is 10.1. The second-order valence-electron chi connectivity index (χ2n) is 5.00. The molecule has 1 aliphatic heterocycles. The van der Waals surface area contributed by atoms with Gasteiger partial charge in [-0.1, -0.05) is 41.9 Å². The highest BCUT2D eigenvalue weighted by Crippen LogP contribution is 2.36. The fraction of sp³-hybridized carbons (Fsp3) is 0.267. The Balaban J connectivity index is 1.96. The Kier molecular flexibility index (Phi) is 3.97. The first kappa shape index (κ1) is 14.5. The second-order valence-corrected chi connectivity index (χ2v) is 7.28. The van der Waals surface area contributed by atoms with Gasteiger partial charge in [0.15, 0.2) is 0 Å². The summed E-state index contributed by atoms with van der Waals surface area (Å²) in [7, 11) is -3.54. The number of sulfonamides is 1. The van der Waals surface area contributed by atoms with Crippen molar-refractivity contribution < 1.29 is 8.42 Å². The molecule has 0 amide bonds. The van der Waals surface area contributed by atoms with Gasteiger partial charge in [-0.2, -0.15) is 4.31 Å². The molecular weight excluding hydrogens is 308 g/mol. The van der Waals surface area contributed by atoms with Gasteiger partial charge in [0.2, 0.25) is 10.0 Å². The van der Waals surface area contributed by atoms with Gasteiger partial charge in [-0.15, -0.1) is 0 Å².